The molecule has 0 spiro atoms. The van der Waals surface area contributed by atoms with Crippen molar-refractivity contribution in [3.8, 4) is 5.75 Å². The number of nitrogens with one attached hydrogen (secondary N) is 2. The van der Waals surface area contributed by atoms with Crippen molar-refractivity contribution < 1.29 is 14.3 Å². The monoisotopic (exact) mass is 345 g/mol. The van der Waals surface area contributed by atoms with E-state index in [1.807, 2.05) is 31.2 Å². The number of nitrogens with zero attached hydrogens (tertiary/aromatic N) is 1. The number of hydrogen-bond donors (Lipinski definition) is 2. The van der Waals surface area contributed by atoms with E-state index in [-0.39, 0.29) is 17.2 Å². The Morgan fingerprint density at radius 3 is 2.72 bits per heavy atom. The molecule has 2 rings (SSSR count). The minimum Gasteiger partial charge on any atom is -0.497 e. The predicted octanol–water partition coefficient (Wildman–Crippen LogP) is 1.53. The zero-order valence-electron chi connectivity index (χ0n) is 14.5. The Bertz CT molecular complexity index is 741. The van der Waals surface area contributed by atoms with Gasteiger partial charge in [-0.25, -0.2) is 4.98 Å². The van der Waals surface area contributed by atoms with Gasteiger partial charge in [-0.05, 0) is 31.0 Å². The van der Waals surface area contributed by atoms with Crippen molar-refractivity contribution in [2.75, 3.05) is 26.9 Å². The van der Waals surface area contributed by atoms with Crippen LogP contribution in [0.15, 0.2) is 35.1 Å². The highest BCUT2D eigenvalue weighted by Crippen LogP contribution is 2.13. The van der Waals surface area contributed by atoms with Crippen LogP contribution in [0.5, 0.6) is 5.75 Å². The van der Waals surface area contributed by atoms with Gasteiger partial charge in [0.2, 0.25) is 0 Å². The summed E-state index contributed by atoms with van der Waals surface area (Å²) in [5, 5.41) is 2.74. The molecule has 0 saturated heterocycles. The fourth-order valence-electron chi connectivity index (χ4n) is 2.26. The molecule has 0 aliphatic rings. The third kappa shape index (κ3) is 6.04. The van der Waals surface area contributed by atoms with Crippen molar-refractivity contribution >= 4 is 5.91 Å². The maximum absolute atomic E-state index is 12.1. The molecule has 2 aromatic rings. The fourth-order valence-corrected chi connectivity index (χ4v) is 2.26. The second kappa shape index (κ2) is 9.58. The van der Waals surface area contributed by atoms with Crippen molar-refractivity contribution in [3.05, 3.63) is 57.8 Å². The van der Waals surface area contributed by atoms with Gasteiger partial charge in [0.05, 0.1) is 7.11 Å². The van der Waals surface area contributed by atoms with Crippen LogP contribution in [0.3, 0.4) is 0 Å². The topological polar surface area (TPSA) is 93.3 Å². The third-order valence-electron chi connectivity index (χ3n) is 3.51. The van der Waals surface area contributed by atoms with Gasteiger partial charge < -0.3 is 19.8 Å². The first-order valence-electron chi connectivity index (χ1n) is 8.21. The van der Waals surface area contributed by atoms with Crippen LogP contribution < -0.4 is 15.6 Å². The molecular formula is C18H23N3O4. The predicted molar refractivity (Wildman–Crippen MR) is 94.1 cm³/mol. The second-order valence-corrected chi connectivity index (χ2v) is 5.41. The van der Waals surface area contributed by atoms with E-state index >= 15 is 0 Å². The smallest absolute Gasteiger partial charge is 0.270 e. The summed E-state index contributed by atoms with van der Waals surface area (Å²) < 4.78 is 10.3. The molecule has 1 amide bonds. The molecule has 0 bridgehead atoms. The van der Waals surface area contributed by atoms with Gasteiger partial charge in [0.1, 0.15) is 17.3 Å². The Kier molecular flexibility index (Phi) is 7.16. The quantitative estimate of drug-likeness (QED) is 0.672. The molecule has 1 heterocycles. The summed E-state index contributed by atoms with van der Waals surface area (Å²) in [6.07, 6.45) is 1.13. The molecule has 2 N–H and O–H groups in total. The molecule has 0 atom stereocenters. The van der Waals surface area contributed by atoms with Crippen molar-refractivity contribution in [2.24, 2.45) is 0 Å². The summed E-state index contributed by atoms with van der Waals surface area (Å²) >= 11 is 0. The number of ether oxygens (including phenoxy) is 2. The number of carbonyl (C=O) groups is 1. The van der Waals surface area contributed by atoms with Crippen LogP contribution >= 0.6 is 0 Å². The van der Waals surface area contributed by atoms with Gasteiger partial charge in [-0.15, -0.1) is 0 Å². The van der Waals surface area contributed by atoms with Gasteiger partial charge >= 0.3 is 0 Å². The van der Waals surface area contributed by atoms with E-state index < -0.39 is 0 Å². The van der Waals surface area contributed by atoms with Gasteiger partial charge in [0, 0.05) is 32.2 Å². The lowest BCUT2D eigenvalue weighted by atomic mass is 10.1. The maximum atomic E-state index is 12.1. The molecule has 0 fully saturated rings. The highest BCUT2D eigenvalue weighted by Gasteiger charge is 2.10. The molecule has 25 heavy (non-hydrogen) atoms. The number of H-pyrrole nitrogens is 1. The normalized spacial score (nSPS) is 10.5. The molecule has 0 unspecified atom stereocenters. The molecule has 0 aliphatic carbocycles. The molecule has 0 saturated carbocycles. The van der Waals surface area contributed by atoms with Gasteiger partial charge in [0.25, 0.3) is 11.5 Å². The van der Waals surface area contributed by atoms with E-state index in [2.05, 4.69) is 15.3 Å². The summed E-state index contributed by atoms with van der Waals surface area (Å²) in [5.41, 5.74) is 0.722. The van der Waals surface area contributed by atoms with E-state index in [0.29, 0.717) is 38.4 Å². The van der Waals surface area contributed by atoms with Crippen LogP contribution in [0.1, 0.15) is 35.2 Å². The van der Waals surface area contributed by atoms with Crippen molar-refractivity contribution in [1.29, 1.82) is 0 Å². The zero-order valence-corrected chi connectivity index (χ0v) is 14.5. The largest absolute Gasteiger partial charge is 0.497 e. The Labute approximate surface area is 146 Å². The van der Waals surface area contributed by atoms with Crippen LogP contribution in [-0.4, -0.2) is 42.7 Å². The standard InChI is InChI=1S/C18H23N3O4/c1-3-25-10-4-9-19-18(23)15-12-17(22)21-16(20-15)11-13-5-7-14(24-2)8-6-13/h5-8,12H,3-4,9-11H2,1-2H3,(H,19,23)(H,20,21,22). The lowest BCUT2D eigenvalue weighted by molar-refractivity contribution is 0.0938. The van der Waals surface area contributed by atoms with E-state index in [1.54, 1.807) is 7.11 Å². The number of aromatic nitrogens is 2. The number of carbonyl (C=O) groups excluding carboxylic acids is 1. The third-order valence-corrected chi connectivity index (χ3v) is 3.51. The molecule has 134 valence electrons. The first kappa shape index (κ1) is 18.7. The maximum Gasteiger partial charge on any atom is 0.270 e. The Balaban J connectivity index is 2.01. The summed E-state index contributed by atoms with van der Waals surface area (Å²) in [7, 11) is 1.60. The first-order valence-corrected chi connectivity index (χ1v) is 8.21. The number of amides is 1. The van der Waals surface area contributed by atoms with E-state index in [4.69, 9.17) is 9.47 Å². The minimum absolute atomic E-state index is 0.115. The molecule has 0 radical (unpaired) electrons. The molecule has 1 aromatic heterocycles. The van der Waals surface area contributed by atoms with Crippen LogP contribution in [0, 0.1) is 0 Å². The molecule has 7 nitrogen and oxygen atoms in total. The van der Waals surface area contributed by atoms with E-state index in [0.717, 1.165) is 11.3 Å². The van der Waals surface area contributed by atoms with Crippen LogP contribution in [-0.2, 0) is 11.2 Å². The number of benzene rings is 1. The molecular weight excluding hydrogens is 322 g/mol. The van der Waals surface area contributed by atoms with E-state index in [9.17, 15) is 9.59 Å². The summed E-state index contributed by atoms with van der Waals surface area (Å²) in [4.78, 5) is 30.9. The molecule has 0 aliphatic heterocycles. The second-order valence-electron chi connectivity index (χ2n) is 5.41. The molecule has 7 heteroatoms. The van der Waals surface area contributed by atoms with E-state index in [1.165, 1.54) is 6.07 Å². The van der Waals surface area contributed by atoms with Crippen molar-refractivity contribution in [1.82, 2.24) is 15.3 Å². The highest BCUT2D eigenvalue weighted by atomic mass is 16.5. The Morgan fingerprint density at radius 2 is 2.04 bits per heavy atom. The van der Waals surface area contributed by atoms with Gasteiger partial charge in [-0.1, -0.05) is 12.1 Å². The first-order chi connectivity index (χ1) is 12.1. The SMILES string of the molecule is CCOCCCNC(=O)c1cc(=O)[nH]c(Cc2ccc(OC)cc2)n1. The average Bonchev–Trinajstić information content (AvgIpc) is 2.61. The lowest BCUT2D eigenvalue weighted by Crippen LogP contribution is -2.28. The Hall–Kier alpha value is -2.67. The van der Waals surface area contributed by atoms with Gasteiger partial charge in [-0.2, -0.15) is 0 Å². The van der Waals surface area contributed by atoms with Gasteiger partial charge in [-0.3, -0.25) is 9.59 Å². The van der Waals surface area contributed by atoms with Crippen LogP contribution in [0.25, 0.3) is 0 Å². The zero-order chi connectivity index (χ0) is 18.1. The number of methoxy groups -OCH3 is 1. The van der Waals surface area contributed by atoms with Gasteiger partial charge in [0.15, 0.2) is 0 Å². The van der Waals surface area contributed by atoms with Crippen molar-refractivity contribution in [3.63, 3.8) is 0 Å². The Morgan fingerprint density at radius 1 is 1.28 bits per heavy atom. The minimum atomic E-state index is -0.362. The fraction of sp³-hybridized carbons (Fsp3) is 0.389. The number of rotatable bonds is 9. The molecule has 1 aromatic carbocycles. The van der Waals surface area contributed by atoms with Crippen LogP contribution in [0.2, 0.25) is 0 Å². The average molecular weight is 345 g/mol. The van der Waals surface area contributed by atoms with Crippen LogP contribution in [0.4, 0.5) is 0 Å². The summed E-state index contributed by atoms with van der Waals surface area (Å²) in [6.45, 7) is 3.63. The number of hydrogen-bond acceptors (Lipinski definition) is 5. The van der Waals surface area contributed by atoms with Crippen molar-refractivity contribution in [2.45, 2.75) is 19.8 Å². The summed E-state index contributed by atoms with van der Waals surface area (Å²) in [6, 6.07) is 8.65. The summed E-state index contributed by atoms with van der Waals surface area (Å²) in [5.74, 6) is 0.834. The highest BCUT2D eigenvalue weighted by molar-refractivity contribution is 5.92. The number of aromatic amines is 1. The lowest BCUT2D eigenvalue weighted by Gasteiger charge is -2.07.